The van der Waals surface area contributed by atoms with Gasteiger partial charge in [0.2, 0.25) is 0 Å². The van der Waals surface area contributed by atoms with Crippen molar-refractivity contribution in [3.8, 4) is 0 Å². The van der Waals surface area contributed by atoms with E-state index < -0.39 is 18.1 Å². The summed E-state index contributed by atoms with van der Waals surface area (Å²) in [5.41, 5.74) is 0. The van der Waals surface area contributed by atoms with Gasteiger partial charge in [-0.25, -0.2) is 0 Å². The van der Waals surface area contributed by atoms with Gasteiger partial charge in [-0.05, 0) is 64.2 Å². The summed E-state index contributed by atoms with van der Waals surface area (Å²) < 4.78 is 17.2. The molecular formula is C53H93NO7. The standard InChI is InChI=1S/C53H93NO7/c1-6-8-10-12-14-16-18-20-22-23-24-25-26-27-28-30-31-33-35-37-39-41-43-51(55)60-48-49(47-59-46-45-50(53(57)58)54(3,4)5)61-52(56)44-42-40-38-36-34-32-29-21-19-17-15-13-11-9-7-2/h9,11,13,15,17,19,23-24,26-27,49-50H,6-8,10,12,14,16,18,20-22,25,28-48H2,1-5H3/b11-9+,15-13+,19-17+,24-23+,27-26+. The maximum atomic E-state index is 12.7. The summed E-state index contributed by atoms with van der Waals surface area (Å²) in [6.45, 7) is 4.52. The van der Waals surface area contributed by atoms with Gasteiger partial charge in [0.05, 0.1) is 40.3 Å². The van der Waals surface area contributed by atoms with Crippen LogP contribution in [0.15, 0.2) is 60.8 Å². The van der Waals surface area contributed by atoms with Crippen molar-refractivity contribution >= 4 is 17.9 Å². The van der Waals surface area contributed by atoms with Gasteiger partial charge in [-0.2, -0.15) is 0 Å². The summed E-state index contributed by atoms with van der Waals surface area (Å²) in [5.74, 6) is -1.76. The molecule has 0 spiro atoms. The van der Waals surface area contributed by atoms with Gasteiger partial charge in [0.25, 0.3) is 0 Å². The summed E-state index contributed by atoms with van der Waals surface area (Å²) in [4.78, 5) is 37.0. The normalized spacial score (nSPS) is 13.4. The van der Waals surface area contributed by atoms with Crippen molar-refractivity contribution in [2.24, 2.45) is 0 Å². The molecule has 8 heteroatoms. The SMILES string of the molecule is CC/C=C/C=C/C=C/CCCCCCCCCC(=O)OC(COCCC(C(=O)[O-])[N+](C)(C)C)COC(=O)CCCCCCCCC/C=C/C/C=C/CCCCCCCCCC. The largest absolute Gasteiger partial charge is 0.544 e. The van der Waals surface area contributed by atoms with Crippen molar-refractivity contribution in [1.29, 1.82) is 0 Å². The third-order valence-corrected chi connectivity index (χ3v) is 10.9. The Morgan fingerprint density at radius 2 is 0.984 bits per heavy atom. The minimum atomic E-state index is -1.13. The molecule has 0 aliphatic rings. The number of esters is 2. The average Bonchev–Trinajstić information content (AvgIpc) is 3.22. The summed E-state index contributed by atoms with van der Waals surface area (Å²) in [6, 6.07) is -0.732. The number of hydrogen-bond acceptors (Lipinski definition) is 7. The van der Waals surface area contributed by atoms with Crippen molar-refractivity contribution in [3.05, 3.63) is 60.8 Å². The number of aliphatic carboxylic acids is 1. The predicted molar refractivity (Wildman–Crippen MR) is 254 cm³/mol. The van der Waals surface area contributed by atoms with Crippen LogP contribution in [0.2, 0.25) is 0 Å². The molecule has 0 fully saturated rings. The zero-order valence-electron chi connectivity index (χ0n) is 40.1. The number of unbranched alkanes of at least 4 members (excludes halogenated alkanes) is 22. The van der Waals surface area contributed by atoms with E-state index in [1.54, 1.807) is 21.1 Å². The summed E-state index contributed by atoms with van der Waals surface area (Å²) in [5, 5.41) is 11.6. The molecule has 0 aliphatic heterocycles. The minimum Gasteiger partial charge on any atom is -0.544 e. The van der Waals surface area contributed by atoms with Crippen molar-refractivity contribution < 1.29 is 38.2 Å². The number of hydrogen-bond donors (Lipinski definition) is 0. The van der Waals surface area contributed by atoms with Gasteiger partial charge < -0.3 is 28.6 Å². The Bertz CT molecular complexity index is 1180. The first-order chi connectivity index (χ1) is 29.6. The number of carboxylic acids is 1. The fraction of sp³-hybridized carbons (Fsp3) is 0.755. The second-order valence-corrected chi connectivity index (χ2v) is 17.7. The molecule has 352 valence electrons. The van der Waals surface area contributed by atoms with Gasteiger partial charge in [-0.15, -0.1) is 0 Å². The van der Waals surface area contributed by atoms with E-state index in [-0.39, 0.29) is 42.7 Å². The van der Waals surface area contributed by atoms with Crippen LogP contribution in [0.3, 0.4) is 0 Å². The molecule has 0 rings (SSSR count). The number of likely N-dealkylation sites (N-methyl/N-ethyl adjacent to an activating group) is 1. The monoisotopic (exact) mass is 856 g/mol. The van der Waals surface area contributed by atoms with Crippen LogP contribution in [-0.4, -0.2) is 75.5 Å². The van der Waals surface area contributed by atoms with Crippen LogP contribution in [-0.2, 0) is 28.6 Å². The van der Waals surface area contributed by atoms with Crippen LogP contribution >= 0.6 is 0 Å². The number of nitrogens with zero attached hydrogens (tertiary/aromatic N) is 1. The Labute approximate surface area is 375 Å². The maximum Gasteiger partial charge on any atom is 0.306 e. The lowest BCUT2D eigenvalue weighted by molar-refractivity contribution is -0.889. The first-order valence-electron chi connectivity index (χ1n) is 24.8. The molecule has 0 radical (unpaired) electrons. The van der Waals surface area contributed by atoms with Crippen LogP contribution in [0.5, 0.6) is 0 Å². The Morgan fingerprint density at radius 1 is 0.525 bits per heavy atom. The average molecular weight is 856 g/mol. The highest BCUT2D eigenvalue weighted by Crippen LogP contribution is 2.14. The second kappa shape index (κ2) is 43.7. The van der Waals surface area contributed by atoms with Crippen LogP contribution in [0, 0.1) is 0 Å². The number of rotatable bonds is 44. The van der Waals surface area contributed by atoms with E-state index in [1.807, 2.05) is 0 Å². The Balaban J connectivity index is 4.26. The third kappa shape index (κ3) is 42.1. The molecule has 2 unspecified atom stereocenters. The van der Waals surface area contributed by atoms with E-state index in [9.17, 15) is 19.5 Å². The molecule has 61 heavy (non-hydrogen) atoms. The lowest BCUT2D eigenvalue weighted by Gasteiger charge is -2.34. The molecule has 0 saturated carbocycles. The van der Waals surface area contributed by atoms with Crippen molar-refractivity contribution in [3.63, 3.8) is 0 Å². The maximum absolute atomic E-state index is 12.7. The molecular weight excluding hydrogens is 763 g/mol. The number of carboxylic acid groups (broad SMARTS) is 1. The van der Waals surface area contributed by atoms with Crippen molar-refractivity contribution in [2.45, 2.75) is 219 Å². The lowest BCUT2D eigenvalue weighted by atomic mass is 10.1. The highest BCUT2D eigenvalue weighted by atomic mass is 16.6. The molecule has 0 bridgehead atoms. The van der Waals surface area contributed by atoms with Crippen LogP contribution < -0.4 is 5.11 Å². The van der Waals surface area contributed by atoms with E-state index in [2.05, 4.69) is 74.6 Å². The molecule has 0 heterocycles. The molecule has 0 aromatic rings. The molecule has 2 atom stereocenters. The number of ether oxygens (including phenoxy) is 3. The first-order valence-corrected chi connectivity index (χ1v) is 24.8. The van der Waals surface area contributed by atoms with E-state index in [0.717, 1.165) is 70.6 Å². The van der Waals surface area contributed by atoms with Crippen LogP contribution in [0.25, 0.3) is 0 Å². The fourth-order valence-corrected chi connectivity index (χ4v) is 7.10. The van der Waals surface area contributed by atoms with E-state index in [0.29, 0.717) is 12.8 Å². The van der Waals surface area contributed by atoms with E-state index in [1.165, 1.54) is 103 Å². The summed E-state index contributed by atoms with van der Waals surface area (Å²) in [6.07, 6.45) is 53.9. The molecule has 0 aliphatic carbocycles. The number of allylic oxidation sites excluding steroid dienone is 10. The Morgan fingerprint density at radius 3 is 1.48 bits per heavy atom. The highest BCUT2D eigenvalue weighted by molar-refractivity contribution is 5.70. The molecule has 0 saturated heterocycles. The van der Waals surface area contributed by atoms with Crippen LogP contribution in [0.1, 0.15) is 206 Å². The molecule has 8 nitrogen and oxygen atoms in total. The number of quaternary nitrogens is 1. The molecule has 0 amide bonds. The van der Waals surface area contributed by atoms with Crippen molar-refractivity contribution in [2.75, 3.05) is 41.0 Å². The van der Waals surface area contributed by atoms with E-state index >= 15 is 0 Å². The Hall–Kier alpha value is -2.97. The minimum absolute atomic E-state index is 0.0313. The van der Waals surface area contributed by atoms with E-state index in [4.69, 9.17) is 14.2 Å². The zero-order valence-corrected chi connectivity index (χ0v) is 40.1. The fourth-order valence-electron chi connectivity index (χ4n) is 7.10. The topological polar surface area (TPSA) is 102 Å². The number of carbonyl (C=O) groups is 3. The Kier molecular flexibility index (Phi) is 41.5. The van der Waals surface area contributed by atoms with Gasteiger partial charge in [0.15, 0.2) is 6.10 Å². The zero-order chi connectivity index (χ0) is 44.9. The lowest BCUT2D eigenvalue weighted by Crippen LogP contribution is -2.55. The number of carbonyl (C=O) groups excluding carboxylic acids is 3. The van der Waals surface area contributed by atoms with Gasteiger partial charge in [0.1, 0.15) is 12.6 Å². The molecule has 0 aromatic carbocycles. The highest BCUT2D eigenvalue weighted by Gasteiger charge is 2.25. The van der Waals surface area contributed by atoms with Gasteiger partial charge in [-0.1, -0.05) is 184 Å². The molecule has 0 N–H and O–H groups in total. The van der Waals surface area contributed by atoms with Crippen molar-refractivity contribution in [1.82, 2.24) is 0 Å². The first kappa shape index (κ1) is 58.0. The quantitative estimate of drug-likeness (QED) is 0.0198. The summed E-state index contributed by atoms with van der Waals surface area (Å²) in [7, 11) is 5.40. The summed E-state index contributed by atoms with van der Waals surface area (Å²) >= 11 is 0. The smallest absolute Gasteiger partial charge is 0.306 e. The predicted octanol–water partition coefficient (Wildman–Crippen LogP) is 12.8. The molecule has 0 aromatic heterocycles. The van der Waals surface area contributed by atoms with Gasteiger partial charge in [0, 0.05) is 19.3 Å². The van der Waals surface area contributed by atoms with Gasteiger partial charge >= 0.3 is 11.9 Å². The second-order valence-electron chi connectivity index (χ2n) is 17.7. The van der Waals surface area contributed by atoms with Gasteiger partial charge in [-0.3, -0.25) is 9.59 Å². The van der Waals surface area contributed by atoms with Crippen LogP contribution in [0.4, 0.5) is 0 Å². The third-order valence-electron chi connectivity index (χ3n) is 10.9.